The Kier molecular flexibility index (Phi) is 5.98. The molecule has 3 aromatic rings. The molecule has 0 spiro atoms. The molecule has 0 aliphatic carbocycles. The maximum absolute atomic E-state index is 12.3. The summed E-state index contributed by atoms with van der Waals surface area (Å²) >= 11 is 0. The van der Waals surface area contributed by atoms with E-state index in [2.05, 4.69) is 10.4 Å². The lowest BCUT2D eigenvalue weighted by molar-refractivity contribution is -0.111. The molecule has 0 fully saturated rings. The van der Waals surface area contributed by atoms with Gasteiger partial charge in [0, 0.05) is 23.0 Å². The average molecular weight is 410 g/mol. The van der Waals surface area contributed by atoms with Gasteiger partial charge < -0.3 is 5.32 Å². The van der Waals surface area contributed by atoms with Crippen LogP contribution in [0, 0.1) is 13.8 Å². The van der Waals surface area contributed by atoms with Gasteiger partial charge in [0.05, 0.1) is 22.0 Å². The number of aryl methyl sites for hydroxylation is 1. The van der Waals surface area contributed by atoms with E-state index in [-0.39, 0.29) is 16.6 Å². The minimum Gasteiger partial charge on any atom is -0.323 e. The van der Waals surface area contributed by atoms with Crippen molar-refractivity contribution in [3.05, 3.63) is 77.6 Å². The zero-order valence-corrected chi connectivity index (χ0v) is 17.4. The second-order valence-corrected chi connectivity index (χ2v) is 8.86. The molecular weight excluding hydrogens is 386 g/mol. The predicted molar refractivity (Wildman–Crippen MR) is 115 cm³/mol. The van der Waals surface area contributed by atoms with Crippen LogP contribution in [-0.2, 0) is 14.6 Å². The summed E-state index contributed by atoms with van der Waals surface area (Å²) in [5.74, 6) is -0.265. The van der Waals surface area contributed by atoms with Crippen LogP contribution >= 0.6 is 0 Å². The highest BCUT2D eigenvalue weighted by molar-refractivity contribution is 7.91. The van der Waals surface area contributed by atoms with Gasteiger partial charge in [0.2, 0.25) is 5.91 Å². The molecule has 0 saturated carbocycles. The fourth-order valence-electron chi connectivity index (χ4n) is 2.97. The monoisotopic (exact) mass is 409 g/mol. The minimum absolute atomic E-state index is 0.0385. The summed E-state index contributed by atoms with van der Waals surface area (Å²) < 4.78 is 25.6. The predicted octanol–water partition coefficient (Wildman–Crippen LogP) is 3.93. The molecule has 1 heterocycles. The Bertz CT molecular complexity index is 1150. The highest BCUT2D eigenvalue weighted by Gasteiger charge is 2.12. The number of carbonyl (C=O) groups excluding carboxylic acids is 1. The zero-order chi connectivity index (χ0) is 21.0. The van der Waals surface area contributed by atoms with Crippen LogP contribution in [-0.4, -0.2) is 29.9 Å². The summed E-state index contributed by atoms with van der Waals surface area (Å²) in [6, 6.07) is 16.0. The Morgan fingerprint density at radius 1 is 1.07 bits per heavy atom. The van der Waals surface area contributed by atoms with Crippen LogP contribution in [0.4, 0.5) is 5.69 Å². The fraction of sp³-hybridized carbons (Fsp3) is 0.182. The molecule has 150 valence electrons. The first kappa shape index (κ1) is 20.5. The number of nitrogens with one attached hydrogen (secondary N) is 1. The van der Waals surface area contributed by atoms with Gasteiger partial charge in [-0.25, -0.2) is 13.1 Å². The number of anilines is 1. The standard InChI is InChI=1S/C22H23N3O3S/c1-4-29(27,28)20-12-10-18(11-13-20)23-22(26)15-14-21-16(2)24-25(17(21)3)19-8-6-5-7-9-19/h5-15H,4H2,1-3H3,(H,23,26)/b15-14+. The van der Waals surface area contributed by atoms with Crippen LogP contribution in [0.1, 0.15) is 23.9 Å². The van der Waals surface area contributed by atoms with Gasteiger partial charge in [-0.3, -0.25) is 4.79 Å². The topological polar surface area (TPSA) is 81.1 Å². The quantitative estimate of drug-likeness (QED) is 0.626. The van der Waals surface area contributed by atoms with Gasteiger partial charge in [0.1, 0.15) is 0 Å². The number of benzene rings is 2. The van der Waals surface area contributed by atoms with E-state index in [4.69, 9.17) is 0 Å². The van der Waals surface area contributed by atoms with E-state index in [1.165, 1.54) is 18.2 Å². The van der Waals surface area contributed by atoms with Crippen molar-refractivity contribution < 1.29 is 13.2 Å². The number of hydrogen-bond donors (Lipinski definition) is 1. The van der Waals surface area contributed by atoms with Gasteiger partial charge in [0.25, 0.3) is 0 Å². The van der Waals surface area contributed by atoms with Crippen LogP contribution in [0.5, 0.6) is 0 Å². The lowest BCUT2D eigenvalue weighted by atomic mass is 10.2. The van der Waals surface area contributed by atoms with E-state index in [1.54, 1.807) is 25.1 Å². The Labute approximate surface area is 170 Å². The van der Waals surface area contributed by atoms with Crippen molar-refractivity contribution in [2.75, 3.05) is 11.1 Å². The van der Waals surface area contributed by atoms with Gasteiger partial charge in [-0.15, -0.1) is 0 Å². The van der Waals surface area contributed by atoms with E-state index in [0.717, 1.165) is 22.6 Å². The fourth-order valence-corrected chi connectivity index (χ4v) is 3.86. The van der Waals surface area contributed by atoms with Gasteiger partial charge in [0.15, 0.2) is 9.84 Å². The maximum Gasteiger partial charge on any atom is 0.248 e. The number of para-hydroxylation sites is 1. The Hall–Kier alpha value is -3.19. The maximum atomic E-state index is 12.3. The van der Waals surface area contributed by atoms with E-state index in [0.29, 0.717) is 5.69 Å². The molecule has 0 bridgehead atoms. The number of sulfone groups is 1. The third-order valence-corrected chi connectivity index (χ3v) is 6.36. The van der Waals surface area contributed by atoms with Crippen molar-refractivity contribution in [1.82, 2.24) is 9.78 Å². The molecule has 1 amide bonds. The number of hydrogen-bond acceptors (Lipinski definition) is 4. The second kappa shape index (κ2) is 8.45. The third kappa shape index (κ3) is 4.63. The van der Waals surface area contributed by atoms with E-state index >= 15 is 0 Å². The van der Waals surface area contributed by atoms with Crippen LogP contribution in [0.25, 0.3) is 11.8 Å². The van der Waals surface area contributed by atoms with Crippen LogP contribution < -0.4 is 5.32 Å². The van der Waals surface area contributed by atoms with Crippen molar-refractivity contribution in [2.45, 2.75) is 25.7 Å². The summed E-state index contributed by atoms with van der Waals surface area (Å²) in [5, 5.41) is 7.30. The first-order chi connectivity index (χ1) is 13.8. The van der Waals surface area contributed by atoms with Crippen molar-refractivity contribution in [3.63, 3.8) is 0 Å². The van der Waals surface area contributed by atoms with E-state index in [9.17, 15) is 13.2 Å². The molecule has 1 N–H and O–H groups in total. The lowest BCUT2D eigenvalue weighted by Gasteiger charge is -2.05. The van der Waals surface area contributed by atoms with Gasteiger partial charge in [-0.05, 0) is 56.3 Å². The summed E-state index contributed by atoms with van der Waals surface area (Å²) in [6.45, 7) is 5.45. The number of aromatic nitrogens is 2. The Morgan fingerprint density at radius 3 is 2.34 bits per heavy atom. The highest BCUT2D eigenvalue weighted by atomic mass is 32.2. The Morgan fingerprint density at radius 2 is 1.72 bits per heavy atom. The first-order valence-corrected chi connectivity index (χ1v) is 10.9. The van der Waals surface area contributed by atoms with Crippen molar-refractivity contribution in [2.24, 2.45) is 0 Å². The van der Waals surface area contributed by atoms with E-state index in [1.807, 2.05) is 48.9 Å². The molecule has 0 aliphatic heterocycles. The molecular formula is C22H23N3O3S. The molecule has 0 unspecified atom stereocenters. The van der Waals surface area contributed by atoms with Crippen molar-refractivity contribution in [1.29, 1.82) is 0 Å². The normalized spacial score (nSPS) is 11.7. The molecule has 0 radical (unpaired) electrons. The highest BCUT2D eigenvalue weighted by Crippen LogP contribution is 2.19. The smallest absolute Gasteiger partial charge is 0.248 e. The molecule has 6 nitrogen and oxygen atoms in total. The molecule has 3 rings (SSSR count). The number of nitrogens with zero attached hydrogens (tertiary/aromatic N) is 2. The summed E-state index contributed by atoms with van der Waals surface area (Å²) in [7, 11) is -3.26. The second-order valence-electron chi connectivity index (χ2n) is 6.58. The van der Waals surface area contributed by atoms with Crippen molar-refractivity contribution in [3.8, 4) is 5.69 Å². The SMILES string of the molecule is CCS(=O)(=O)c1ccc(NC(=O)/C=C/c2c(C)nn(-c3ccccc3)c2C)cc1. The van der Waals surface area contributed by atoms with E-state index < -0.39 is 9.84 Å². The number of carbonyl (C=O) groups is 1. The zero-order valence-electron chi connectivity index (χ0n) is 16.6. The Balaban J connectivity index is 1.74. The van der Waals surface area contributed by atoms with Gasteiger partial charge in [-0.1, -0.05) is 25.1 Å². The van der Waals surface area contributed by atoms with Gasteiger partial charge >= 0.3 is 0 Å². The minimum atomic E-state index is -3.26. The summed E-state index contributed by atoms with van der Waals surface area (Å²) in [6.07, 6.45) is 3.19. The largest absolute Gasteiger partial charge is 0.323 e. The molecule has 0 atom stereocenters. The van der Waals surface area contributed by atoms with Crippen LogP contribution in [0.15, 0.2) is 65.6 Å². The average Bonchev–Trinajstić information content (AvgIpc) is 3.01. The molecule has 0 saturated heterocycles. The first-order valence-electron chi connectivity index (χ1n) is 9.25. The summed E-state index contributed by atoms with van der Waals surface area (Å²) in [4.78, 5) is 12.5. The van der Waals surface area contributed by atoms with Crippen molar-refractivity contribution >= 4 is 27.5 Å². The molecule has 29 heavy (non-hydrogen) atoms. The lowest BCUT2D eigenvalue weighted by Crippen LogP contribution is -2.08. The van der Waals surface area contributed by atoms with Gasteiger partial charge in [-0.2, -0.15) is 5.10 Å². The van der Waals surface area contributed by atoms with Crippen LogP contribution in [0.2, 0.25) is 0 Å². The third-order valence-electron chi connectivity index (χ3n) is 4.61. The molecule has 0 aliphatic rings. The number of rotatable bonds is 6. The molecule has 7 heteroatoms. The molecule has 1 aromatic heterocycles. The van der Waals surface area contributed by atoms with Crippen LogP contribution in [0.3, 0.4) is 0 Å². The molecule has 2 aromatic carbocycles. The summed E-state index contributed by atoms with van der Waals surface area (Å²) in [5.41, 5.74) is 4.13. The number of amides is 1.